The molecule has 0 N–H and O–H groups in total. The standard InChI is InChI=1S/C17H18S/c1-2-8-15-14-11-6-7-12-16(14)18-17(15)13-9-4-3-5-10-13/h3-7,9-12,14,16H,2,8H2,1H3. The van der Waals surface area contributed by atoms with Crippen LogP contribution in [0.3, 0.4) is 0 Å². The molecular weight excluding hydrogens is 236 g/mol. The van der Waals surface area contributed by atoms with Crippen LogP contribution in [0.1, 0.15) is 25.3 Å². The van der Waals surface area contributed by atoms with E-state index >= 15 is 0 Å². The van der Waals surface area contributed by atoms with Gasteiger partial charge < -0.3 is 0 Å². The summed E-state index contributed by atoms with van der Waals surface area (Å²) in [6.45, 7) is 2.27. The van der Waals surface area contributed by atoms with Crippen LogP contribution in [0.15, 0.2) is 60.2 Å². The molecule has 0 spiro atoms. The Morgan fingerprint density at radius 1 is 1.06 bits per heavy atom. The van der Waals surface area contributed by atoms with E-state index in [9.17, 15) is 0 Å². The quantitative estimate of drug-likeness (QED) is 0.727. The third kappa shape index (κ3) is 2.08. The smallest absolute Gasteiger partial charge is 0.0378 e. The lowest BCUT2D eigenvalue weighted by Gasteiger charge is -2.17. The molecule has 1 aliphatic heterocycles. The first-order valence-corrected chi connectivity index (χ1v) is 7.58. The van der Waals surface area contributed by atoms with Crippen LogP contribution in [0, 0.1) is 5.92 Å². The molecule has 3 rings (SSSR count). The summed E-state index contributed by atoms with van der Waals surface area (Å²) in [4.78, 5) is 1.52. The SMILES string of the molecule is CCCC1=C(c2ccccc2)SC2C=CC=CC12. The summed E-state index contributed by atoms with van der Waals surface area (Å²) in [5.74, 6) is 0.621. The fourth-order valence-corrected chi connectivity index (χ4v) is 4.27. The van der Waals surface area contributed by atoms with Crippen molar-refractivity contribution in [3.8, 4) is 0 Å². The summed E-state index contributed by atoms with van der Waals surface area (Å²) in [7, 11) is 0. The zero-order valence-electron chi connectivity index (χ0n) is 10.7. The molecule has 0 fully saturated rings. The number of rotatable bonds is 3. The van der Waals surface area contributed by atoms with Crippen LogP contribution in [0.25, 0.3) is 4.91 Å². The molecule has 2 aliphatic rings. The molecule has 1 heterocycles. The first-order valence-electron chi connectivity index (χ1n) is 6.70. The van der Waals surface area contributed by atoms with E-state index in [0.717, 1.165) is 0 Å². The molecule has 1 aliphatic carbocycles. The molecule has 0 bridgehead atoms. The van der Waals surface area contributed by atoms with E-state index in [1.807, 2.05) is 11.8 Å². The predicted molar refractivity (Wildman–Crippen MR) is 81.4 cm³/mol. The molecule has 0 saturated heterocycles. The fourth-order valence-electron chi connectivity index (χ4n) is 2.77. The molecule has 1 aromatic rings. The van der Waals surface area contributed by atoms with Gasteiger partial charge in [-0.1, -0.05) is 68.0 Å². The van der Waals surface area contributed by atoms with Crippen molar-refractivity contribution in [2.24, 2.45) is 5.92 Å². The van der Waals surface area contributed by atoms with Crippen molar-refractivity contribution in [1.29, 1.82) is 0 Å². The Bertz CT molecular complexity index is 508. The van der Waals surface area contributed by atoms with Crippen LogP contribution in [0.4, 0.5) is 0 Å². The second-order valence-corrected chi connectivity index (χ2v) is 6.04. The molecule has 1 heteroatoms. The van der Waals surface area contributed by atoms with Gasteiger partial charge in [0.25, 0.3) is 0 Å². The topological polar surface area (TPSA) is 0 Å². The first kappa shape index (κ1) is 11.9. The molecule has 0 amide bonds. The van der Waals surface area contributed by atoms with E-state index in [-0.39, 0.29) is 0 Å². The van der Waals surface area contributed by atoms with Crippen LogP contribution in [0.5, 0.6) is 0 Å². The number of thioether (sulfide) groups is 1. The minimum absolute atomic E-state index is 0.617. The summed E-state index contributed by atoms with van der Waals surface area (Å²) in [6, 6.07) is 10.8. The Morgan fingerprint density at radius 2 is 1.83 bits per heavy atom. The van der Waals surface area contributed by atoms with Crippen molar-refractivity contribution in [1.82, 2.24) is 0 Å². The van der Waals surface area contributed by atoms with Gasteiger partial charge in [0.15, 0.2) is 0 Å². The molecule has 2 atom stereocenters. The van der Waals surface area contributed by atoms with Crippen molar-refractivity contribution in [2.75, 3.05) is 0 Å². The average molecular weight is 254 g/mol. The van der Waals surface area contributed by atoms with Crippen molar-refractivity contribution in [2.45, 2.75) is 25.0 Å². The van der Waals surface area contributed by atoms with Crippen molar-refractivity contribution in [3.05, 3.63) is 65.8 Å². The highest BCUT2D eigenvalue weighted by molar-refractivity contribution is 8.09. The van der Waals surface area contributed by atoms with Crippen molar-refractivity contribution >= 4 is 16.7 Å². The van der Waals surface area contributed by atoms with Crippen LogP contribution in [0.2, 0.25) is 0 Å². The van der Waals surface area contributed by atoms with Crippen LogP contribution < -0.4 is 0 Å². The normalized spacial score (nSPS) is 25.6. The Balaban J connectivity index is 2.01. The van der Waals surface area contributed by atoms with Gasteiger partial charge in [-0.05, 0) is 17.6 Å². The number of fused-ring (bicyclic) bond motifs is 1. The molecule has 0 aromatic heterocycles. The Hall–Kier alpha value is -1.21. The van der Waals surface area contributed by atoms with E-state index in [4.69, 9.17) is 0 Å². The highest BCUT2D eigenvalue weighted by Gasteiger charge is 2.32. The largest absolute Gasteiger partial charge is 0.117 e. The van der Waals surface area contributed by atoms with Gasteiger partial charge in [0.2, 0.25) is 0 Å². The van der Waals surface area contributed by atoms with Crippen LogP contribution in [-0.4, -0.2) is 5.25 Å². The van der Waals surface area contributed by atoms with Gasteiger partial charge in [0.05, 0.1) is 0 Å². The Kier molecular flexibility index (Phi) is 3.42. The van der Waals surface area contributed by atoms with E-state index in [2.05, 4.69) is 61.6 Å². The van der Waals surface area contributed by atoms with E-state index in [0.29, 0.717) is 11.2 Å². The van der Waals surface area contributed by atoms with E-state index in [1.54, 1.807) is 5.57 Å². The summed E-state index contributed by atoms with van der Waals surface area (Å²) in [6.07, 6.45) is 11.6. The highest BCUT2D eigenvalue weighted by Crippen LogP contribution is 2.50. The lowest BCUT2D eigenvalue weighted by Crippen LogP contribution is -2.11. The van der Waals surface area contributed by atoms with Crippen LogP contribution >= 0.6 is 11.8 Å². The maximum absolute atomic E-state index is 2.37. The maximum Gasteiger partial charge on any atom is 0.0378 e. The molecular formula is C17H18S. The summed E-state index contributed by atoms with van der Waals surface area (Å²) >= 11 is 2.04. The van der Waals surface area contributed by atoms with Gasteiger partial charge in [-0.3, -0.25) is 0 Å². The molecule has 92 valence electrons. The molecule has 0 radical (unpaired) electrons. The van der Waals surface area contributed by atoms with Gasteiger partial charge in [0.1, 0.15) is 0 Å². The number of hydrogen-bond acceptors (Lipinski definition) is 1. The fraction of sp³-hybridized carbons (Fsp3) is 0.294. The van der Waals surface area contributed by atoms with Gasteiger partial charge >= 0.3 is 0 Å². The van der Waals surface area contributed by atoms with E-state index < -0.39 is 0 Å². The number of hydrogen-bond donors (Lipinski definition) is 0. The van der Waals surface area contributed by atoms with Gasteiger partial charge in [-0.2, -0.15) is 0 Å². The van der Waals surface area contributed by atoms with Gasteiger partial charge in [-0.25, -0.2) is 0 Å². The number of benzene rings is 1. The monoisotopic (exact) mass is 254 g/mol. The highest BCUT2D eigenvalue weighted by atomic mass is 32.2. The molecule has 0 nitrogen and oxygen atoms in total. The summed E-state index contributed by atoms with van der Waals surface area (Å²) in [5.41, 5.74) is 3.03. The lowest BCUT2D eigenvalue weighted by atomic mass is 9.88. The van der Waals surface area contributed by atoms with Gasteiger partial charge in [0, 0.05) is 16.1 Å². The second kappa shape index (κ2) is 5.19. The molecule has 1 aromatic carbocycles. The zero-order chi connectivity index (χ0) is 12.4. The minimum atomic E-state index is 0.617. The Labute approximate surface area is 113 Å². The zero-order valence-corrected chi connectivity index (χ0v) is 11.5. The first-order chi connectivity index (χ1) is 8.90. The maximum atomic E-state index is 2.37. The predicted octanol–water partition coefficient (Wildman–Crippen LogP) is 5.06. The van der Waals surface area contributed by atoms with E-state index in [1.165, 1.54) is 23.3 Å². The van der Waals surface area contributed by atoms with Crippen LogP contribution in [-0.2, 0) is 0 Å². The molecule has 18 heavy (non-hydrogen) atoms. The summed E-state index contributed by atoms with van der Waals surface area (Å²) < 4.78 is 0. The van der Waals surface area contributed by atoms with Gasteiger partial charge in [-0.15, -0.1) is 11.8 Å². The third-order valence-electron chi connectivity index (χ3n) is 3.59. The number of allylic oxidation sites excluding steroid dienone is 4. The lowest BCUT2D eigenvalue weighted by molar-refractivity contribution is 0.732. The van der Waals surface area contributed by atoms with Crippen molar-refractivity contribution < 1.29 is 0 Å². The average Bonchev–Trinajstić information content (AvgIpc) is 2.80. The summed E-state index contributed by atoms with van der Waals surface area (Å²) in [5, 5.41) is 0.617. The third-order valence-corrected chi connectivity index (χ3v) is 5.04. The second-order valence-electron chi connectivity index (χ2n) is 4.85. The minimum Gasteiger partial charge on any atom is -0.117 e. The Morgan fingerprint density at radius 3 is 2.61 bits per heavy atom. The molecule has 2 unspecified atom stereocenters. The van der Waals surface area contributed by atoms with Crippen molar-refractivity contribution in [3.63, 3.8) is 0 Å². The molecule has 0 saturated carbocycles.